The standard InChI is InChI=1S/C18H19N/c1-13-10-14(2)12-17(11-13)15(3)18-7-5-4-6-16(18)8-9-19/h4-12,19H,1-3H3/b16-8-,18-15+,19-9?. The lowest BCUT2D eigenvalue weighted by molar-refractivity contribution is 1.35. The highest BCUT2D eigenvalue weighted by molar-refractivity contribution is 5.88. The van der Waals surface area contributed by atoms with Gasteiger partial charge >= 0.3 is 0 Å². The largest absolute Gasteiger partial charge is 0.309 e. The van der Waals surface area contributed by atoms with Crippen LogP contribution in [0.5, 0.6) is 0 Å². The first kappa shape index (κ1) is 13.3. The SMILES string of the molecule is C/C(c1cc(C)cc(C)c1)=c1/cccc/c1=C/C=N. The highest BCUT2D eigenvalue weighted by atomic mass is 14.3. The van der Waals surface area contributed by atoms with E-state index in [1.165, 1.54) is 33.7 Å². The quantitative estimate of drug-likeness (QED) is 0.791. The van der Waals surface area contributed by atoms with Crippen molar-refractivity contribution in [3.8, 4) is 0 Å². The minimum absolute atomic E-state index is 1.09. The van der Waals surface area contributed by atoms with E-state index in [2.05, 4.69) is 45.0 Å². The Hall–Kier alpha value is -2.15. The summed E-state index contributed by atoms with van der Waals surface area (Å²) in [6, 6.07) is 14.8. The zero-order chi connectivity index (χ0) is 13.8. The Labute approximate surface area is 114 Å². The molecule has 2 aromatic rings. The molecule has 0 aromatic heterocycles. The van der Waals surface area contributed by atoms with E-state index in [0.717, 1.165) is 5.22 Å². The van der Waals surface area contributed by atoms with Gasteiger partial charge in [-0.1, -0.05) is 53.6 Å². The Morgan fingerprint density at radius 3 is 2.26 bits per heavy atom. The monoisotopic (exact) mass is 249 g/mol. The van der Waals surface area contributed by atoms with Gasteiger partial charge in [-0.15, -0.1) is 0 Å². The minimum atomic E-state index is 1.09. The first-order chi connectivity index (χ1) is 9.11. The van der Waals surface area contributed by atoms with Crippen LogP contribution in [0.1, 0.15) is 23.6 Å². The van der Waals surface area contributed by atoms with E-state index in [-0.39, 0.29) is 0 Å². The first-order valence-corrected chi connectivity index (χ1v) is 6.47. The fraction of sp³-hybridized carbons (Fsp3) is 0.167. The van der Waals surface area contributed by atoms with Crippen LogP contribution in [0.4, 0.5) is 0 Å². The molecule has 0 saturated carbocycles. The van der Waals surface area contributed by atoms with Gasteiger partial charge in [0, 0.05) is 6.21 Å². The fourth-order valence-corrected chi connectivity index (χ4v) is 2.42. The Kier molecular flexibility index (Phi) is 3.96. The molecule has 1 heteroatoms. The summed E-state index contributed by atoms with van der Waals surface area (Å²) in [4.78, 5) is 0. The second kappa shape index (κ2) is 5.66. The maximum absolute atomic E-state index is 7.26. The molecule has 0 saturated heterocycles. The molecule has 19 heavy (non-hydrogen) atoms. The van der Waals surface area contributed by atoms with Crippen LogP contribution in [0.3, 0.4) is 0 Å². The van der Waals surface area contributed by atoms with Crippen LogP contribution in [0.2, 0.25) is 0 Å². The molecule has 0 spiro atoms. The minimum Gasteiger partial charge on any atom is -0.309 e. The average Bonchev–Trinajstić information content (AvgIpc) is 2.38. The van der Waals surface area contributed by atoms with Gasteiger partial charge in [-0.25, -0.2) is 0 Å². The predicted octanol–water partition coefficient (Wildman–Crippen LogP) is 2.95. The van der Waals surface area contributed by atoms with E-state index < -0.39 is 0 Å². The topological polar surface area (TPSA) is 23.9 Å². The van der Waals surface area contributed by atoms with Gasteiger partial charge in [0.25, 0.3) is 0 Å². The van der Waals surface area contributed by atoms with Crippen LogP contribution >= 0.6 is 0 Å². The first-order valence-electron chi connectivity index (χ1n) is 6.47. The molecule has 1 N–H and O–H groups in total. The molecule has 0 aliphatic carbocycles. The number of hydrogen-bond donors (Lipinski definition) is 1. The summed E-state index contributed by atoms with van der Waals surface area (Å²) in [7, 11) is 0. The molecule has 0 unspecified atom stereocenters. The average molecular weight is 249 g/mol. The van der Waals surface area contributed by atoms with Crippen molar-refractivity contribution in [2.24, 2.45) is 0 Å². The lowest BCUT2D eigenvalue weighted by atomic mass is 9.99. The Balaban J connectivity index is 2.78. The van der Waals surface area contributed by atoms with E-state index in [9.17, 15) is 0 Å². The van der Waals surface area contributed by atoms with Crippen LogP contribution < -0.4 is 10.4 Å². The van der Waals surface area contributed by atoms with Crippen molar-refractivity contribution in [3.05, 3.63) is 69.6 Å². The Bertz CT molecular complexity index is 703. The van der Waals surface area contributed by atoms with Crippen LogP contribution in [0.15, 0.2) is 42.5 Å². The smallest absolute Gasteiger partial charge is 0.0183 e. The van der Waals surface area contributed by atoms with E-state index in [1.807, 2.05) is 24.3 Å². The van der Waals surface area contributed by atoms with Crippen molar-refractivity contribution in [3.63, 3.8) is 0 Å². The third kappa shape index (κ3) is 3.00. The summed E-state index contributed by atoms with van der Waals surface area (Å²) < 4.78 is 0. The molecule has 2 aromatic carbocycles. The van der Waals surface area contributed by atoms with Gasteiger partial charge < -0.3 is 5.41 Å². The van der Waals surface area contributed by atoms with Gasteiger partial charge in [-0.2, -0.15) is 0 Å². The van der Waals surface area contributed by atoms with Crippen LogP contribution in [0.25, 0.3) is 11.6 Å². The van der Waals surface area contributed by atoms with Gasteiger partial charge in [0.1, 0.15) is 0 Å². The third-order valence-electron chi connectivity index (χ3n) is 3.28. The van der Waals surface area contributed by atoms with Crippen LogP contribution in [-0.2, 0) is 0 Å². The van der Waals surface area contributed by atoms with Crippen molar-refractivity contribution < 1.29 is 0 Å². The molecule has 0 radical (unpaired) electrons. The molecule has 0 bridgehead atoms. The maximum Gasteiger partial charge on any atom is 0.0183 e. The normalized spacial score (nSPS) is 13.3. The number of hydrogen-bond acceptors (Lipinski definition) is 1. The molecule has 0 aliphatic heterocycles. The van der Waals surface area contributed by atoms with Crippen molar-refractivity contribution in [2.75, 3.05) is 0 Å². The second-order valence-corrected chi connectivity index (χ2v) is 4.92. The maximum atomic E-state index is 7.26. The van der Waals surface area contributed by atoms with Crippen molar-refractivity contribution in [1.29, 1.82) is 5.41 Å². The van der Waals surface area contributed by atoms with E-state index >= 15 is 0 Å². The van der Waals surface area contributed by atoms with E-state index in [4.69, 9.17) is 5.41 Å². The number of aryl methyl sites for hydroxylation is 2. The molecule has 96 valence electrons. The van der Waals surface area contributed by atoms with Gasteiger partial charge in [-0.3, -0.25) is 0 Å². The third-order valence-corrected chi connectivity index (χ3v) is 3.28. The zero-order valence-electron chi connectivity index (χ0n) is 11.7. The lowest BCUT2D eigenvalue weighted by Gasteiger charge is -2.06. The van der Waals surface area contributed by atoms with Gasteiger partial charge in [0.05, 0.1) is 0 Å². The predicted molar refractivity (Wildman–Crippen MR) is 83.0 cm³/mol. The molecule has 0 heterocycles. The molecule has 2 rings (SSSR count). The molecule has 0 atom stereocenters. The van der Waals surface area contributed by atoms with Crippen molar-refractivity contribution in [2.45, 2.75) is 20.8 Å². The van der Waals surface area contributed by atoms with Crippen LogP contribution in [0, 0.1) is 19.3 Å². The van der Waals surface area contributed by atoms with Crippen molar-refractivity contribution in [1.82, 2.24) is 0 Å². The second-order valence-electron chi connectivity index (χ2n) is 4.92. The Morgan fingerprint density at radius 1 is 1.00 bits per heavy atom. The molecular formula is C18H19N. The zero-order valence-corrected chi connectivity index (χ0v) is 11.7. The summed E-state index contributed by atoms with van der Waals surface area (Å²) >= 11 is 0. The van der Waals surface area contributed by atoms with Gasteiger partial charge in [-0.05, 0) is 48.4 Å². The summed E-state index contributed by atoms with van der Waals surface area (Å²) in [5.74, 6) is 0. The van der Waals surface area contributed by atoms with Crippen molar-refractivity contribution >= 4 is 17.9 Å². The summed E-state index contributed by atoms with van der Waals surface area (Å²) in [5.41, 5.74) is 5.06. The lowest BCUT2D eigenvalue weighted by Crippen LogP contribution is -2.26. The van der Waals surface area contributed by atoms with E-state index in [1.54, 1.807) is 0 Å². The molecule has 0 aliphatic rings. The molecule has 0 fully saturated rings. The number of rotatable bonds is 2. The van der Waals surface area contributed by atoms with Gasteiger partial charge in [0.15, 0.2) is 0 Å². The fourth-order valence-electron chi connectivity index (χ4n) is 2.42. The molecular weight excluding hydrogens is 230 g/mol. The van der Waals surface area contributed by atoms with E-state index in [0.29, 0.717) is 0 Å². The highest BCUT2D eigenvalue weighted by Crippen LogP contribution is 2.15. The van der Waals surface area contributed by atoms with Gasteiger partial charge in [0.2, 0.25) is 0 Å². The number of benzene rings is 2. The number of nitrogens with one attached hydrogen (secondary N) is 1. The molecule has 1 nitrogen and oxygen atoms in total. The Morgan fingerprint density at radius 2 is 1.63 bits per heavy atom. The highest BCUT2D eigenvalue weighted by Gasteiger charge is 2.00. The summed E-state index contributed by atoms with van der Waals surface area (Å²) in [5, 5.41) is 9.54. The summed E-state index contributed by atoms with van der Waals surface area (Å²) in [6.07, 6.45) is 3.18. The summed E-state index contributed by atoms with van der Waals surface area (Å²) in [6.45, 7) is 6.39. The van der Waals surface area contributed by atoms with Crippen LogP contribution in [-0.4, -0.2) is 6.21 Å². The molecule has 0 amide bonds.